The lowest BCUT2D eigenvalue weighted by Crippen LogP contribution is -2.26. The molecule has 2 rings (SSSR count). The molecule has 0 bridgehead atoms. The molecule has 0 aliphatic heterocycles. The first-order valence-corrected chi connectivity index (χ1v) is 7.68. The summed E-state index contributed by atoms with van der Waals surface area (Å²) in [6.45, 7) is 2.05. The highest BCUT2D eigenvalue weighted by Crippen LogP contribution is 2.28. The van der Waals surface area contributed by atoms with Crippen molar-refractivity contribution in [3.63, 3.8) is 0 Å². The fourth-order valence-electron chi connectivity index (χ4n) is 2.47. The summed E-state index contributed by atoms with van der Waals surface area (Å²) in [6, 6.07) is 16.7. The summed E-state index contributed by atoms with van der Waals surface area (Å²) in [5.74, 6) is -0.331. The molecule has 0 amide bonds. The number of carbonyl (C=O) groups excluding carboxylic acids is 1. The summed E-state index contributed by atoms with van der Waals surface area (Å²) < 4.78 is 10.3. The standard InChI is InChI=1S/C19H22O4/c1-3-23-19(21)17(13-14-7-5-4-6-8-14)18(20)15-9-11-16(22-2)12-10-15/h4-12,17-18,20H,3,13H2,1-2H3/t17-,18-/m1/s1. The summed E-state index contributed by atoms with van der Waals surface area (Å²) in [6.07, 6.45) is -0.507. The highest BCUT2D eigenvalue weighted by Gasteiger charge is 2.29. The number of aliphatic hydroxyl groups is 1. The monoisotopic (exact) mass is 314 g/mol. The molecule has 1 N–H and O–H groups in total. The van der Waals surface area contributed by atoms with Crippen LogP contribution in [0.4, 0.5) is 0 Å². The predicted octanol–water partition coefficient (Wildman–Crippen LogP) is 3.15. The van der Waals surface area contributed by atoms with Gasteiger partial charge in [-0.05, 0) is 36.6 Å². The van der Waals surface area contributed by atoms with Crippen molar-refractivity contribution in [3.05, 3.63) is 65.7 Å². The predicted molar refractivity (Wildman–Crippen MR) is 88.2 cm³/mol. The summed E-state index contributed by atoms with van der Waals surface area (Å²) in [7, 11) is 1.59. The molecule has 0 saturated heterocycles. The van der Waals surface area contributed by atoms with E-state index in [1.807, 2.05) is 30.3 Å². The van der Waals surface area contributed by atoms with Gasteiger partial charge in [0.05, 0.1) is 25.7 Å². The second-order valence-electron chi connectivity index (χ2n) is 5.27. The maximum atomic E-state index is 12.3. The lowest BCUT2D eigenvalue weighted by atomic mass is 9.90. The van der Waals surface area contributed by atoms with Crippen molar-refractivity contribution in [1.29, 1.82) is 0 Å². The Kier molecular flexibility index (Phi) is 6.18. The first kappa shape index (κ1) is 17.0. The maximum Gasteiger partial charge on any atom is 0.312 e. The number of esters is 1. The minimum atomic E-state index is -0.930. The zero-order valence-corrected chi connectivity index (χ0v) is 13.4. The van der Waals surface area contributed by atoms with E-state index in [-0.39, 0.29) is 5.97 Å². The number of hydrogen-bond acceptors (Lipinski definition) is 4. The molecule has 23 heavy (non-hydrogen) atoms. The molecular formula is C19H22O4. The van der Waals surface area contributed by atoms with Gasteiger partial charge in [-0.25, -0.2) is 0 Å². The topological polar surface area (TPSA) is 55.8 Å². The van der Waals surface area contributed by atoms with E-state index in [4.69, 9.17) is 9.47 Å². The summed E-state index contributed by atoms with van der Waals surface area (Å²) in [4.78, 5) is 12.3. The van der Waals surface area contributed by atoms with Gasteiger partial charge in [0.2, 0.25) is 0 Å². The van der Waals surface area contributed by atoms with E-state index in [1.54, 1.807) is 38.3 Å². The van der Waals surface area contributed by atoms with Gasteiger partial charge < -0.3 is 14.6 Å². The Hall–Kier alpha value is -2.33. The molecule has 4 nitrogen and oxygen atoms in total. The average molecular weight is 314 g/mol. The molecule has 2 aromatic carbocycles. The van der Waals surface area contributed by atoms with Crippen LogP contribution < -0.4 is 4.74 Å². The first-order valence-electron chi connectivity index (χ1n) is 7.68. The molecule has 0 fully saturated rings. The minimum Gasteiger partial charge on any atom is -0.497 e. The van der Waals surface area contributed by atoms with Gasteiger partial charge in [0, 0.05) is 0 Å². The van der Waals surface area contributed by atoms with Crippen LogP contribution in [0.1, 0.15) is 24.2 Å². The van der Waals surface area contributed by atoms with Crippen LogP contribution in [0, 0.1) is 5.92 Å². The van der Waals surface area contributed by atoms with Gasteiger partial charge in [-0.3, -0.25) is 4.79 Å². The van der Waals surface area contributed by atoms with Gasteiger partial charge in [-0.1, -0.05) is 42.5 Å². The van der Waals surface area contributed by atoms with E-state index in [0.29, 0.717) is 24.3 Å². The second-order valence-corrected chi connectivity index (χ2v) is 5.27. The third-order valence-electron chi connectivity index (χ3n) is 3.73. The Morgan fingerprint density at radius 2 is 1.74 bits per heavy atom. The summed E-state index contributed by atoms with van der Waals surface area (Å²) >= 11 is 0. The maximum absolute atomic E-state index is 12.3. The van der Waals surface area contributed by atoms with Gasteiger partial charge in [0.1, 0.15) is 5.75 Å². The van der Waals surface area contributed by atoms with E-state index in [9.17, 15) is 9.90 Å². The Labute approximate surface area is 136 Å². The van der Waals surface area contributed by atoms with Crippen molar-refractivity contribution in [2.75, 3.05) is 13.7 Å². The van der Waals surface area contributed by atoms with Gasteiger partial charge in [-0.15, -0.1) is 0 Å². The number of methoxy groups -OCH3 is 1. The molecule has 0 aliphatic carbocycles. The average Bonchev–Trinajstić information content (AvgIpc) is 2.60. The van der Waals surface area contributed by atoms with Crippen LogP contribution in [0.2, 0.25) is 0 Å². The Morgan fingerprint density at radius 1 is 1.09 bits per heavy atom. The van der Waals surface area contributed by atoms with E-state index in [0.717, 1.165) is 5.56 Å². The third-order valence-corrected chi connectivity index (χ3v) is 3.73. The molecular weight excluding hydrogens is 292 g/mol. The molecule has 0 spiro atoms. The molecule has 0 aliphatic rings. The van der Waals surface area contributed by atoms with Crippen molar-refractivity contribution in [2.24, 2.45) is 5.92 Å². The van der Waals surface area contributed by atoms with Crippen LogP contribution in [-0.4, -0.2) is 24.8 Å². The van der Waals surface area contributed by atoms with Crippen molar-refractivity contribution < 1.29 is 19.4 Å². The number of hydrogen-bond donors (Lipinski definition) is 1. The fraction of sp³-hybridized carbons (Fsp3) is 0.316. The van der Waals surface area contributed by atoms with Crippen LogP contribution >= 0.6 is 0 Å². The number of carbonyl (C=O) groups is 1. The van der Waals surface area contributed by atoms with Gasteiger partial charge in [0.25, 0.3) is 0 Å². The quantitative estimate of drug-likeness (QED) is 0.798. The third kappa shape index (κ3) is 4.57. The van der Waals surface area contributed by atoms with E-state index in [1.165, 1.54) is 0 Å². The molecule has 122 valence electrons. The molecule has 0 aromatic heterocycles. The smallest absolute Gasteiger partial charge is 0.312 e. The summed E-state index contributed by atoms with van der Waals surface area (Å²) in [5, 5.41) is 10.7. The first-order chi connectivity index (χ1) is 11.2. The van der Waals surface area contributed by atoms with Crippen molar-refractivity contribution >= 4 is 5.97 Å². The lowest BCUT2D eigenvalue weighted by Gasteiger charge is -2.22. The number of aliphatic hydroxyl groups excluding tert-OH is 1. The largest absolute Gasteiger partial charge is 0.497 e. The fourth-order valence-corrected chi connectivity index (χ4v) is 2.47. The molecule has 4 heteroatoms. The Morgan fingerprint density at radius 3 is 2.30 bits per heavy atom. The number of rotatable bonds is 7. The van der Waals surface area contributed by atoms with Gasteiger partial charge in [-0.2, -0.15) is 0 Å². The highest BCUT2D eigenvalue weighted by molar-refractivity contribution is 5.74. The van der Waals surface area contributed by atoms with E-state index < -0.39 is 12.0 Å². The SMILES string of the molecule is CCOC(=O)[C@H](Cc1ccccc1)[C@H](O)c1ccc(OC)cc1. The molecule has 0 saturated carbocycles. The van der Waals surface area contributed by atoms with Crippen molar-refractivity contribution in [2.45, 2.75) is 19.4 Å². The van der Waals surface area contributed by atoms with Crippen LogP contribution in [0.3, 0.4) is 0 Å². The normalized spacial score (nSPS) is 13.2. The molecule has 2 atom stereocenters. The lowest BCUT2D eigenvalue weighted by molar-refractivity contribution is -0.152. The van der Waals surface area contributed by atoms with Crippen LogP contribution in [0.15, 0.2) is 54.6 Å². The van der Waals surface area contributed by atoms with Crippen molar-refractivity contribution in [1.82, 2.24) is 0 Å². The van der Waals surface area contributed by atoms with E-state index in [2.05, 4.69) is 0 Å². The highest BCUT2D eigenvalue weighted by atomic mass is 16.5. The molecule has 0 radical (unpaired) electrons. The van der Waals surface area contributed by atoms with Gasteiger partial charge in [0.15, 0.2) is 0 Å². The Balaban J connectivity index is 2.22. The van der Waals surface area contributed by atoms with Crippen LogP contribution in [0.5, 0.6) is 5.75 Å². The Bertz CT molecular complexity index is 607. The zero-order valence-electron chi connectivity index (χ0n) is 13.4. The minimum absolute atomic E-state index is 0.291. The van der Waals surface area contributed by atoms with Crippen molar-refractivity contribution in [3.8, 4) is 5.75 Å². The van der Waals surface area contributed by atoms with Gasteiger partial charge >= 0.3 is 5.97 Å². The molecule has 2 aromatic rings. The van der Waals surface area contributed by atoms with E-state index >= 15 is 0 Å². The number of benzene rings is 2. The summed E-state index contributed by atoms with van der Waals surface area (Å²) in [5.41, 5.74) is 1.65. The van der Waals surface area contributed by atoms with Crippen LogP contribution in [0.25, 0.3) is 0 Å². The van der Waals surface area contributed by atoms with Crippen LogP contribution in [-0.2, 0) is 16.0 Å². The number of ether oxygens (including phenoxy) is 2. The molecule has 0 heterocycles. The second kappa shape index (κ2) is 8.34. The zero-order chi connectivity index (χ0) is 16.7. The molecule has 0 unspecified atom stereocenters.